The van der Waals surface area contributed by atoms with Crippen molar-refractivity contribution in [2.24, 2.45) is 11.5 Å². The molecule has 0 bridgehead atoms. The van der Waals surface area contributed by atoms with Crippen LogP contribution in [0.4, 0.5) is 0 Å². The van der Waals surface area contributed by atoms with Crippen molar-refractivity contribution in [1.82, 2.24) is 15.3 Å². The number of hydrogen-bond donors (Lipinski definition) is 4. The van der Waals surface area contributed by atoms with Crippen LogP contribution in [0.25, 0.3) is 0 Å². The van der Waals surface area contributed by atoms with Gasteiger partial charge in [0.1, 0.15) is 6.04 Å². The third-order valence-electron chi connectivity index (χ3n) is 1.84. The normalized spacial score (nSPS) is 12.1. The Kier molecular flexibility index (Phi) is 3.81. The van der Waals surface area contributed by atoms with Crippen LogP contribution in [-0.2, 0) is 16.0 Å². The number of rotatable bonds is 5. The zero-order valence-electron chi connectivity index (χ0n) is 8.06. The van der Waals surface area contributed by atoms with E-state index in [1.54, 1.807) is 6.20 Å². The second-order valence-corrected chi connectivity index (χ2v) is 3.01. The summed E-state index contributed by atoms with van der Waals surface area (Å²) in [5.74, 6) is -1.02. The maximum absolute atomic E-state index is 11.0. The molecule has 0 aliphatic carbocycles. The number of nitrogens with one attached hydrogen (secondary N) is 2. The molecule has 1 atom stereocenters. The van der Waals surface area contributed by atoms with Crippen LogP contribution < -0.4 is 16.8 Å². The largest absolute Gasteiger partial charge is 0.368 e. The van der Waals surface area contributed by atoms with E-state index in [2.05, 4.69) is 15.3 Å². The zero-order chi connectivity index (χ0) is 11.3. The highest BCUT2D eigenvalue weighted by molar-refractivity contribution is 5.87. The highest BCUT2D eigenvalue weighted by Gasteiger charge is 2.18. The first-order valence-electron chi connectivity index (χ1n) is 4.39. The van der Waals surface area contributed by atoms with E-state index in [-0.39, 0.29) is 13.0 Å². The van der Waals surface area contributed by atoms with E-state index >= 15 is 0 Å². The van der Waals surface area contributed by atoms with Gasteiger partial charge in [-0.2, -0.15) is 0 Å². The van der Waals surface area contributed by atoms with E-state index < -0.39 is 17.9 Å². The monoisotopic (exact) mass is 211 g/mol. The lowest BCUT2D eigenvalue weighted by Gasteiger charge is -2.13. The Morgan fingerprint density at radius 2 is 2.33 bits per heavy atom. The van der Waals surface area contributed by atoms with Crippen molar-refractivity contribution in [3.63, 3.8) is 0 Å². The van der Waals surface area contributed by atoms with E-state index in [1.807, 2.05) is 0 Å². The summed E-state index contributed by atoms with van der Waals surface area (Å²) < 4.78 is 0. The molecule has 1 rings (SSSR count). The smallest absolute Gasteiger partial charge is 0.240 e. The minimum absolute atomic E-state index is 0.174. The Morgan fingerprint density at radius 1 is 1.60 bits per heavy atom. The summed E-state index contributed by atoms with van der Waals surface area (Å²) in [5, 5.41) is 2.42. The summed E-state index contributed by atoms with van der Waals surface area (Å²) in [6.07, 6.45) is 3.32. The SMILES string of the molecule is NCC(=O)NC(Cc1cnc[nH]1)C(N)=O. The molecule has 1 unspecified atom stereocenters. The lowest BCUT2D eigenvalue weighted by molar-refractivity contribution is -0.126. The summed E-state index contributed by atoms with van der Waals surface area (Å²) >= 11 is 0. The predicted octanol–water partition coefficient (Wildman–Crippen LogP) is -2.12. The molecule has 7 heteroatoms. The topological polar surface area (TPSA) is 127 Å². The molecule has 0 saturated heterocycles. The van der Waals surface area contributed by atoms with Gasteiger partial charge in [-0.05, 0) is 0 Å². The molecule has 82 valence electrons. The number of nitrogens with two attached hydrogens (primary N) is 2. The van der Waals surface area contributed by atoms with Gasteiger partial charge in [-0.25, -0.2) is 4.98 Å². The van der Waals surface area contributed by atoms with Crippen molar-refractivity contribution in [3.05, 3.63) is 18.2 Å². The number of imidazole rings is 1. The van der Waals surface area contributed by atoms with E-state index in [0.717, 1.165) is 5.69 Å². The number of amides is 2. The number of hydrogen-bond acceptors (Lipinski definition) is 4. The molecule has 2 amide bonds. The molecule has 0 spiro atoms. The van der Waals surface area contributed by atoms with E-state index in [4.69, 9.17) is 11.5 Å². The van der Waals surface area contributed by atoms with E-state index in [0.29, 0.717) is 0 Å². The van der Waals surface area contributed by atoms with Gasteiger partial charge < -0.3 is 21.8 Å². The Labute approximate surface area is 86.2 Å². The average Bonchev–Trinajstić information content (AvgIpc) is 2.69. The number of aromatic nitrogens is 2. The standard InChI is InChI=1S/C8H13N5O2/c9-2-7(14)13-6(8(10)15)1-5-3-11-4-12-5/h3-4,6H,1-2,9H2,(H2,10,15)(H,11,12)(H,13,14). The van der Waals surface area contributed by atoms with Crippen molar-refractivity contribution in [1.29, 1.82) is 0 Å². The molecular weight excluding hydrogens is 198 g/mol. The molecule has 1 aromatic rings. The molecular formula is C8H13N5O2. The third-order valence-corrected chi connectivity index (χ3v) is 1.84. The molecule has 15 heavy (non-hydrogen) atoms. The molecule has 7 nitrogen and oxygen atoms in total. The van der Waals surface area contributed by atoms with Gasteiger partial charge in [0.15, 0.2) is 0 Å². The Morgan fingerprint density at radius 3 is 2.80 bits per heavy atom. The lowest BCUT2D eigenvalue weighted by Crippen LogP contribution is -2.47. The van der Waals surface area contributed by atoms with Crippen molar-refractivity contribution < 1.29 is 9.59 Å². The van der Waals surface area contributed by atoms with Crippen LogP contribution in [0, 0.1) is 0 Å². The molecule has 0 aromatic carbocycles. The number of nitrogens with zero attached hydrogens (tertiary/aromatic N) is 1. The van der Waals surface area contributed by atoms with Crippen molar-refractivity contribution in [2.75, 3.05) is 6.54 Å². The van der Waals surface area contributed by atoms with Crippen LogP contribution >= 0.6 is 0 Å². The van der Waals surface area contributed by atoms with Crippen LogP contribution in [0.5, 0.6) is 0 Å². The molecule has 6 N–H and O–H groups in total. The predicted molar refractivity (Wildman–Crippen MR) is 52.5 cm³/mol. The summed E-state index contributed by atoms with van der Waals surface area (Å²) in [4.78, 5) is 28.6. The van der Waals surface area contributed by atoms with E-state index in [9.17, 15) is 9.59 Å². The Hall–Kier alpha value is -1.89. The first-order valence-corrected chi connectivity index (χ1v) is 4.39. The van der Waals surface area contributed by atoms with Crippen LogP contribution in [0.3, 0.4) is 0 Å². The summed E-state index contributed by atoms with van der Waals surface area (Å²) in [7, 11) is 0. The van der Waals surface area contributed by atoms with Crippen LogP contribution in [-0.4, -0.2) is 34.4 Å². The maximum Gasteiger partial charge on any atom is 0.240 e. The molecule has 0 saturated carbocycles. The van der Waals surface area contributed by atoms with Gasteiger partial charge in [-0.3, -0.25) is 9.59 Å². The second-order valence-electron chi connectivity index (χ2n) is 3.01. The summed E-state index contributed by atoms with van der Waals surface area (Å²) in [6, 6.07) is -0.763. The first-order chi connectivity index (χ1) is 7.13. The maximum atomic E-state index is 11.0. The fourth-order valence-electron chi connectivity index (χ4n) is 1.09. The Bertz CT molecular complexity index is 335. The van der Waals surface area contributed by atoms with Gasteiger partial charge in [0.25, 0.3) is 0 Å². The first kappa shape index (κ1) is 11.2. The minimum Gasteiger partial charge on any atom is -0.368 e. The third kappa shape index (κ3) is 3.39. The van der Waals surface area contributed by atoms with Gasteiger partial charge >= 0.3 is 0 Å². The van der Waals surface area contributed by atoms with Crippen molar-refractivity contribution in [3.8, 4) is 0 Å². The molecule has 0 aliphatic rings. The average molecular weight is 211 g/mol. The van der Waals surface area contributed by atoms with Crippen LogP contribution in [0.1, 0.15) is 5.69 Å². The van der Waals surface area contributed by atoms with Gasteiger partial charge in [0.05, 0.1) is 12.9 Å². The number of primary amides is 1. The number of carbonyl (C=O) groups is 2. The Balaban J connectivity index is 2.59. The van der Waals surface area contributed by atoms with Crippen LogP contribution in [0.2, 0.25) is 0 Å². The van der Waals surface area contributed by atoms with Crippen molar-refractivity contribution >= 4 is 11.8 Å². The van der Waals surface area contributed by atoms with E-state index in [1.165, 1.54) is 6.33 Å². The molecule has 0 fully saturated rings. The number of H-pyrrole nitrogens is 1. The summed E-state index contributed by atoms with van der Waals surface area (Å²) in [5.41, 5.74) is 11.0. The molecule has 1 heterocycles. The molecule has 0 radical (unpaired) electrons. The highest BCUT2D eigenvalue weighted by Crippen LogP contribution is 1.97. The van der Waals surface area contributed by atoms with Gasteiger partial charge in [0.2, 0.25) is 11.8 Å². The molecule has 0 aliphatic heterocycles. The summed E-state index contributed by atoms with van der Waals surface area (Å²) in [6.45, 7) is -0.174. The fourth-order valence-corrected chi connectivity index (χ4v) is 1.09. The lowest BCUT2D eigenvalue weighted by atomic mass is 10.1. The van der Waals surface area contributed by atoms with Gasteiger partial charge in [-0.15, -0.1) is 0 Å². The molecule has 1 aromatic heterocycles. The number of aromatic amines is 1. The van der Waals surface area contributed by atoms with Gasteiger partial charge in [-0.1, -0.05) is 0 Å². The zero-order valence-corrected chi connectivity index (χ0v) is 8.06. The highest BCUT2D eigenvalue weighted by atomic mass is 16.2. The fraction of sp³-hybridized carbons (Fsp3) is 0.375. The second kappa shape index (κ2) is 5.11. The van der Waals surface area contributed by atoms with Crippen LogP contribution in [0.15, 0.2) is 12.5 Å². The van der Waals surface area contributed by atoms with Crippen molar-refractivity contribution in [2.45, 2.75) is 12.5 Å². The minimum atomic E-state index is -0.763. The quantitative estimate of drug-likeness (QED) is 0.444. The van der Waals surface area contributed by atoms with Gasteiger partial charge in [0, 0.05) is 18.3 Å². The number of carbonyl (C=O) groups excluding carboxylic acids is 2.